The molecule has 1 N–H and O–H groups in total. The molecular formula is C18H27NO3. The molecule has 2 aliphatic carbocycles. The van der Waals surface area contributed by atoms with Crippen molar-refractivity contribution in [2.75, 3.05) is 27.2 Å². The Morgan fingerprint density at radius 1 is 1.41 bits per heavy atom. The molecule has 1 heterocycles. The number of aliphatic hydroxyl groups excluding tert-OH is 1. The summed E-state index contributed by atoms with van der Waals surface area (Å²) in [7, 11) is 3.71. The zero-order valence-corrected chi connectivity index (χ0v) is 13.9. The van der Waals surface area contributed by atoms with Crippen LogP contribution in [0.2, 0.25) is 0 Å². The highest BCUT2D eigenvalue weighted by Gasteiger charge is 2.58. The molecule has 1 spiro atoms. The summed E-state index contributed by atoms with van der Waals surface area (Å²) in [6.45, 7) is 3.97. The van der Waals surface area contributed by atoms with Crippen molar-refractivity contribution in [2.24, 2.45) is 11.3 Å². The molecule has 3 atom stereocenters. The largest absolute Gasteiger partial charge is 0.493 e. The molecule has 0 amide bonds. The predicted molar refractivity (Wildman–Crippen MR) is 85.3 cm³/mol. The van der Waals surface area contributed by atoms with Gasteiger partial charge in [-0.1, -0.05) is 6.08 Å². The summed E-state index contributed by atoms with van der Waals surface area (Å²) in [4.78, 5) is 15.6. The normalized spacial score (nSPS) is 39.3. The van der Waals surface area contributed by atoms with Gasteiger partial charge in [0.05, 0.1) is 18.6 Å². The Morgan fingerprint density at radius 3 is 2.91 bits per heavy atom. The molecule has 4 heteroatoms. The fraction of sp³-hybridized carbons (Fsp3) is 0.722. The Bertz CT molecular complexity index is 536. The Morgan fingerprint density at radius 2 is 2.18 bits per heavy atom. The van der Waals surface area contributed by atoms with E-state index in [1.165, 1.54) is 0 Å². The van der Waals surface area contributed by atoms with Crippen LogP contribution in [0.15, 0.2) is 23.0 Å². The summed E-state index contributed by atoms with van der Waals surface area (Å²) in [6.07, 6.45) is 5.94. The van der Waals surface area contributed by atoms with E-state index in [1.807, 2.05) is 6.92 Å². The Hall–Kier alpha value is -1.13. The molecule has 0 aromatic heterocycles. The van der Waals surface area contributed by atoms with E-state index in [2.05, 4.69) is 18.0 Å². The van der Waals surface area contributed by atoms with Crippen molar-refractivity contribution in [1.29, 1.82) is 0 Å². The van der Waals surface area contributed by atoms with E-state index in [9.17, 15) is 9.90 Å². The van der Waals surface area contributed by atoms with Gasteiger partial charge in [0.2, 0.25) is 5.78 Å². The van der Waals surface area contributed by atoms with Gasteiger partial charge in [-0.05, 0) is 69.7 Å². The molecule has 1 aliphatic heterocycles. The van der Waals surface area contributed by atoms with Crippen LogP contribution in [0.1, 0.15) is 39.0 Å². The minimum atomic E-state index is -0.518. The molecular weight excluding hydrogens is 278 g/mol. The number of allylic oxidation sites excluding steroid dienone is 2. The second-order valence-corrected chi connectivity index (χ2v) is 7.12. The first kappa shape index (κ1) is 15.8. The summed E-state index contributed by atoms with van der Waals surface area (Å²) in [5, 5.41) is 10.6. The van der Waals surface area contributed by atoms with E-state index < -0.39 is 11.5 Å². The number of carbonyl (C=O) groups is 1. The van der Waals surface area contributed by atoms with E-state index in [4.69, 9.17) is 4.74 Å². The van der Waals surface area contributed by atoms with Crippen LogP contribution in [0, 0.1) is 11.3 Å². The van der Waals surface area contributed by atoms with Crippen LogP contribution in [-0.4, -0.2) is 49.1 Å². The number of methoxy groups -OCH3 is 1. The van der Waals surface area contributed by atoms with Crippen LogP contribution in [0.25, 0.3) is 0 Å². The summed E-state index contributed by atoms with van der Waals surface area (Å²) >= 11 is 0. The molecule has 3 aliphatic rings. The summed E-state index contributed by atoms with van der Waals surface area (Å²) in [6, 6.07) is 0. The van der Waals surface area contributed by atoms with Gasteiger partial charge in [-0.25, -0.2) is 0 Å². The van der Waals surface area contributed by atoms with Gasteiger partial charge in [-0.3, -0.25) is 4.79 Å². The monoisotopic (exact) mass is 305 g/mol. The lowest BCUT2D eigenvalue weighted by molar-refractivity contribution is -0.129. The lowest BCUT2D eigenvalue weighted by Gasteiger charge is -2.40. The zero-order chi connectivity index (χ0) is 15.9. The molecule has 122 valence electrons. The quantitative estimate of drug-likeness (QED) is 0.755. The molecule has 22 heavy (non-hydrogen) atoms. The highest BCUT2D eigenvalue weighted by molar-refractivity contribution is 6.02. The molecule has 1 saturated carbocycles. The van der Waals surface area contributed by atoms with Gasteiger partial charge >= 0.3 is 0 Å². The van der Waals surface area contributed by atoms with Crippen molar-refractivity contribution in [3.05, 3.63) is 23.0 Å². The summed E-state index contributed by atoms with van der Waals surface area (Å²) < 4.78 is 5.44. The van der Waals surface area contributed by atoms with E-state index in [0.717, 1.165) is 49.9 Å². The topological polar surface area (TPSA) is 49.8 Å². The molecule has 0 aromatic rings. The van der Waals surface area contributed by atoms with Gasteiger partial charge in [0.1, 0.15) is 0 Å². The average Bonchev–Trinajstić information content (AvgIpc) is 2.76. The Labute approximate surface area is 132 Å². The predicted octanol–water partition coefficient (Wildman–Crippen LogP) is 2.29. The third-order valence-corrected chi connectivity index (χ3v) is 5.82. The zero-order valence-electron chi connectivity index (χ0n) is 13.9. The number of hydrogen-bond acceptors (Lipinski definition) is 4. The molecule has 1 fully saturated rings. The summed E-state index contributed by atoms with van der Waals surface area (Å²) in [5.74, 6) is 0.864. The standard InChI is InChI=1S/C18H27NO3/c1-12-10-13-11-15(20)14-6-4-8-19(2)9-5-7-18(13,14)17(21)16(12)22-3/h6,13,15,20H,4-5,7-11H2,1-3H3/b14-6+/t13-,15-,18-/m0/s1. The third kappa shape index (κ3) is 2.24. The maximum atomic E-state index is 13.3. The lowest BCUT2D eigenvalue weighted by atomic mass is 9.63. The smallest absolute Gasteiger partial charge is 0.207 e. The second-order valence-electron chi connectivity index (χ2n) is 7.12. The molecule has 4 nitrogen and oxygen atoms in total. The van der Waals surface area contributed by atoms with Crippen molar-refractivity contribution in [1.82, 2.24) is 4.90 Å². The van der Waals surface area contributed by atoms with Gasteiger partial charge in [-0.2, -0.15) is 0 Å². The fourth-order valence-corrected chi connectivity index (χ4v) is 4.79. The number of nitrogens with zero attached hydrogens (tertiary/aromatic N) is 1. The van der Waals surface area contributed by atoms with Crippen LogP contribution in [-0.2, 0) is 9.53 Å². The number of ketones is 1. The van der Waals surface area contributed by atoms with E-state index in [1.54, 1.807) is 7.11 Å². The van der Waals surface area contributed by atoms with Crippen LogP contribution in [0.4, 0.5) is 0 Å². The van der Waals surface area contributed by atoms with Crippen LogP contribution in [0.5, 0.6) is 0 Å². The van der Waals surface area contributed by atoms with Crippen LogP contribution < -0.4 is 0 Å². The first-order chi connectivity index (χ1) is 10.5. The van der Waals surface area contributed by atoms with Crippen molar-refractivity contribution < 1.29 is 14.6 Å². The third-order valence-electron chi connectivity index (χ3n) is 5.82. The van der Waals surface area contributed by atoms with Crippen molar-refractivity contribution in [3.8, 4) is 0 Å². The second kappa shape index (κ2) is 5.82. The highest BCUT2D eigenvalue weighted by Crippen LogP contribution is 2.57. The molecule has 3 rings (SSSR count). The first-order valence-corrected chi connectivity index (χ1v) is 8.36. The minimum absolute atomic E-state index is 0.108. The maximum Gasteiger partial charge on any atom is 0.207 e. The van der Waals surface area contributed by atoms with Crippen molar-refractivity contribution in [2.45, 2.75) is 45.1 Å². The molecule has 0 aromatic carbocycles. The van der Waals surface area contributed by atoms with E-state index >= 15 is 0 Å². The number of ether oxygens (including phenoxy) is 1. The van der Waals surface area contributed by atoms with Gasteiger partial charge in [0, 0.05) is 6.54 Å². The summed E-state index contributed by atoms with van der Waals surface area (Å²) in [5.41, 5.74) is 1.49. The maximum absolute atomic E-state index is 13.3. The van der Waals surface area contributed by atoms with E-state index in [-0.39, 0.29) is 11.7 Å². The first-order valence-electron chi connectivity index (χ1n) is 8.36. The molecule has 0 bridgehead atoms. The number of rotatable bonds is 1. The molecule has 0 unspecified atom stereocenters. The van der Waals surface area contributed by atoms with Crippen LogP contribution >= 0.6 is 0 Å². The Balaban J connectivity index is 2.07. The average molecular weight is 305 g/mol. The highest BCUT2D eigenvalue weighted by atomic mass is 16.5. The van der Waals surface area contributed by atoms with Gasteiger partial charge < -0.3 is 14.7 Å². The van der Waals surface area contributed by atoms with Crippen LogP contribution in [0.3, 0.4) is 0 Å². The number of aliphatic hydroxyl groups is 1. The minimum Gasteiger partial charge on any atom is -0.493 e. The van der Waals surface area contributed by atoms with Crippen molar-refractivity contribution >= 4 is 5.78 Å². The number of carbonyl (C=O) groups excluding carboxylic acids is 1. The van der Waals surface area contributed by atoms with Gasteiger partial charge in [-0.15, -0.1) is 0 Å². The molecule has 0 saturated heterocycles. The van der Waals surface area contributed by atoms with Crippen molar-refractivity contribution in [3.63, 3.8) is 0 Å². The Kier molecular flexibility index (Phi) is 4.17. The fourth-order valence-electron chi connectivity index (χ4n) is 4.79. The lowest BCUT2D eigenvalue weighted by Crippen LogP contribution is -2.42. The molecule has 0 radical (unpaired) electrons. The van der Waals surface area contributed by atoms with Gasteiger partial charge in [0.15, 0.2) is 5.76 Å². The number of Topliss-reactive ketones (excluding diaryl/α,β-unsaturated/α-hetero) is 1. The van der Waals surface area contributed by atoms with E-state index in [0.29, 0.717) is 12.2 Å². The number of hydrogen-bond donors (Lipinski definition) is 1. The SMILES string of the molecule is COC1=C(C)C[C@H]2C[C@H](O)/C3=C\CCN(C)CCC[C@@]32C1=O. The van der Waals surface area contributed by atoms with Gasteiger partial charge in [0.25, 0.3) is 0 Å².